The number of hydrogen-bond acceptors (Lipinski definition) is 3. The second kappa shape index (κ2) is 5.10. The monoisotopic (exact) mass is 304 g/mol. The van der Waals surface area contributed by atoms with Crippen LogP contribution in [0.4, 0.5) is 0 Å². The first kappa shape index (κ1) is 13.4. The van der Waals surface area contributed by atoms with Gasteiger partial charge in [0.05, 0.1) is 5.75 Å². The number of carbonyl (C=O) groups excluding carboxylic acids is 1. The molecule has 0 radical (unpaired) electrons. The molecule has 1 rings (SSSR count). The lowest BCUT2D eigenvalue weighted by Gasteiger charge is -2.03. The molecule has 0 unspecified atom stereocenters. The van der Waals surface area contributed by atoms with Crippen molar-refractivity contribution in [3.8, 4) is 0 Å². The first-order valence-electron chi connectivity index (χ1n) is 4.76. The Hall–Kier alpha value is -0.680. The van der Waals surface area contributed by atoms with Gasteiger partial charge in [-0.1, -0.05) is 22.0 Å². The van der Waals surface area contributed by atoms with Crippen molar-refractivity contribution in [3.05, 3.63) is 33.8 Å². The van der Waals surface area contributed by atoms with Gasteiger partial charge in [0.25, 0.3) is 0 Å². The minimum Gasteiger partial charge on any atom is -0.294 e. The van der Waals surface area contributed by atoms with Gasteiger partial charge < -0.3 is 0 Å². The van der Waals surface area contributed by atoms with Crippen molar-refractivity contribution >= 4 is 31.6 Å². The maximum Gasteiger partial charge on any atom is 0.163 e. The highest BCUT2D eigenvalue weighted by atomic mass is 79.9. The van der Waals surface area contributed by atoms with Gasteiger partial charge >= 0.3 is 0 Å². The summed E-state index contributed by atoms with van der Waals surface area (Å²) in [4.78, 5) is 11.7. The van der Waals surface area contributed by atoms with Crippen LogP contribution in [0.25, 0.3) is 0 Å². The number of rotatable bonds is 4. The summed E-state index contributed by atoms with van der Waals surface area (Å²) in [6, 6.07) is 5.25. The lowest BCUT2D eigenvalue weighted by molar-refractivity contribution is 0.0988. The lowest BCUT2D eigenvalue weighted by Crippen LogP contribution is -2.09. The minimum atomic E-state index is -3.08. The molecule has 0 amide bonds. The number of carbonyl (C=O) groups is 1. The van der Waals surface area contributed by atoms with Crippen LogP contribution in [0.2, 0.25) is 0 Å². The van der Waals surface area contributed by atoms with Gasteiger partial charge in [-0.15, -0.1) is 0 Å². The van der Waals surface area contributed by atoms with Gasteiger partial charge in [0.1, 0.15) is 9.84 Å². The number of benzene rings is 1. The van der Waals surface area contributed by atoms with Crippen molar-refractivity contribution in [1.82, 2.24) is 0 Å². The fourth-order valence-electron chi connectivity index (χ4n) is 1.24. The van der Waals surface area contributed by atoms with Crippen LogP contribution in [0.3, 0.4) is 0 Å². The summed E-state index contributed by atoms with van der Waals surface area (Å²) in [5.74, 6) is -0.234. The van der Waals surface area contributed by atoms with E-state index in [0.717, 1.165) is 16.3 Å². The van der Waals surface area contributed by atoms with Crippen molar-refractivity contribution in [1.29, 1.82) is 0 Å². The molecular weight excluding hydrogens is 292 g/mol. The van der Waals surface area contributed by atoms with Crippen LogP contribution >= 0.6 is 15.9 Å². The molecule has 1 aromatic carbocycles. The summed E-state index contributed by atoms with van der Waals surface area (Å²) in [7, 11) is -3.08. The van der Waals surface area contributed by atoms with Crippen LogP contribution in [0, 0.1) is 6.92 Å². The Balaban J connectivity index is 2.78. The van der Waals surface area contributed by atoms with Gasteiger partial charge in [-0.2, -0.15) is 0 Å². The van der Waals surface area contributed by atoms with E-state index >= 15 is 0 Å². The quantitative estimate of drug-likeness (QED) is 0.803. The molecule has 0 aliphatic carbocycles. The Morgan fingerprint density at radius 3 is 2.50 bits per heavy atom. The van der Waals surface area contributed by atoms with Gasteiger partial charge in [-0.05, 0) is 24.6 Å². The van der Waals surface area contributed by atoms with Crippen LogP contribution in [0.5, 0.6) is 0 Å². The molecule has 1 aromatic rings. The second-order valence-corrected chi connectivity index (χ2v) is 6.88. The van der Waals surface area contributed by atoms with E-state index in [2.05, 4.69) is 15.9 Å². The standard InChI is InChI=1S/C11H13BrO3S/c1-8-7-9(3-4-10(8)12)11(13)5-6-16(2,14)15/h3-4,7H,5-6H2,1-2H3. The van der Waals surface area contributed by atoms with Crippen molar-refractivity contribution in [2.45, 2.75) is 13.3 Å². The number of hydrogen-bond donors (Lipinski definition) is 0. The second-order valence-electron chi connectivity index (χ2n) is 3.77. The molecule has 0 aliphatic heterocycles. The predicted octanol–water partition coefficient (Wildman–Crippen LogP) is 2.37. The third-order valence-corrected chi connectivity index (χ3v) is 4.02. The Morgan fingerprint density at radius 2 is 2.00 bits per heavy atom. The van der Waals surface area contributed by atoms with Gasteiger partial charge in [0, 0.05) is 22.7 Å². The highest BCUT2D eigenvalue weighted by Crippen LogP contribution is 2.18. The SMILES string of the molecule is Cc1cc(C(=O)CCS(C)(=O)=O)ccc1Br. The summed E-state index contributed by atoms with van der Waals surface area (Å²) < 4.78 is 22.8. The summed E-state index contributed by atoms with van der Waals surface area (Å²) in [5.41, 5.74) is 1.52. The Kier molecular flexibility index (Phi) is 4.27. The fraction of sp³-hybridized carbons (Fsp3) is 0.364. The van der Waals surface area contributed by atoms with Crippen LogP contribution < -0.4 is 0 Å². The molecule has 0 aliphatic rings. The van der Waals surface area contributed by atoms with E-state index in [1.54, 1.807) is 18.2 Å². The number of halogens is 1. The maximum absolute atomic E-state index is 11.7. The van der Waals surface area contributed by atoms with E-state index in [1.807, 2.05) is 6.92 Å². The molecule has 5 heteroatoms. The molecule has 88 valence electrons. The zero-order valence-corrected chi connectivity index (χ0v) is 11.6. The molecule has 0 aromatic heterocycles. The summed E-state index contributed by atoms with van der Waals surface area (Å²) >= 11 is 3.34. The van der Waals surface area contributed by atoms with Crippen molar-refractivity contribution < 1.29 is 13.2 Å². The van der Waals surface area contributed by atoms with Gasteiger partial charge in [0.15, 0.2) is 5.78 Å². The molecule has 0 saturated carbocycles. The predicted molar refractivity (Wildman–Crippen MR) is 67.5 cm³/mol. The zero-order chi connectivity index (χ0) is 12.3. The summed E-state index contributed by atoms with van der Waals surface area (Å²) in [6.45, 7) is 1.89. The van der Waals surface area contributed by atoms with Crippen LogP contribution in [0.15, 0.2) is 22.7 Å². The number of Topliss-reactive ketones (excluding diaryl/α,β-unsaturated/α-hetero) is 1. The lowest BCUT2D eigenvalue weighted by atomic mass is 10.1. The van der Waals surface area contributed by atoms with Crippen molar-refractivity contribution in [3.63, 3.8) is 0 Å². The Morgan fingerprint density at radius 1 is 1.38 bits per heavy atom. The van der Waals surface area contributed by atoms with E-state index in [0.29, 0.717) is 5.56 Å². The number of ketones is 1. The molecule has 0 atom stereocenters. The summed E-state index contributed by atoms with van der Waals surface area (Å²) in [5, 5.41) is 0. The Labute approximate surface area is 104 Å². The largest absolute Gasteiger partial charge is 0.294 e. The first-order valence-corrected chi connectivity index (χ1v) is 7.62. The molecule has 16 heavy (non-hydrogen) atoms. The van der Waals surface area contributed by atoms with Gasteiger partial charge in [-0.25, -0.2) is 8.42 Å². The minimum absolute atomic E-state index is 0.0416. The third-order valence-electron chi connectivity index (χ3n) is 2.18. The number of sulfone groups is 1. The molecule has 0 spiro atoms. The molecule has 0 fully saturated rings. The van der Waals surface area contributed by atoms with E-state index < -0.39 is 9.84 Å². The third kappa shape index (κ3) is 4.06. The van der Waals surface area contributed by atoms with E-state index in [9.17, 15) is 13.2 Å². The molecular formula is C11H13BrO3S. The Bertz CT molecular complexity index is 506. The molecule has 3 nitrogen and oxygen atoms in total. The molecule has 0 N–H and O–H groups in total. The average Bonchev–Trinajstić information content (AvgIpc) is 2.17. The topological polar surface area (TPSA) is 51.2 Å². The zero-order valence-electron chi connectivity index (χ0n) is 9.16. The van der Waals surface area contributed by atoms with E-state index in [1.165, 1.54) is 0 Å². The number of aryl methyl sites for hydroxylation is 1. The fourth-order valence-corrected chi connectivity index (χ4v) is 2.04. The molecule has 0 saturated heterocycles. The first-order chi connectivity index (χ1) is 7.29. The summed E-state index contributed by atoms with van der Waals surface area (Å²) in [6.07, 6.45) is 1.17. The smallest absolute Gasteiger partial charge is 0.163 e. The normalized spacial score (nSPS) is 11.4. The van der Waals surface area contributed by atoms with Crippen molar-refractivity contribution in [2.75, 3.05) is 12.0 Å². The van der Waals surface area contributed by atoms with Gasteiger partial charge in [-0.3, -0.25) is 4.79 Å². The van der Waals surface area contributed by atoms with Gasteiger partial charge in [0.2, 0.25) is 0 Å². The highest BCUT2D eigenvalue weighted by Gasteiger charge is 2.10. The van der Waals surface area contributed by atoms with Crippen molar-refractivity contribution in [2.24, 2.45) is 0 Å². The van der Waals surface area contributed by atoms with Crippen LogP contribution in [-0.2, 0) is 9.84 Å². The van der Waals surface area contributed by atoms with Crippen LogP contribution in [0.1, 0.15) is 22.3 Å². The maximum atomic E-state index is 11.7. The van der Waals surface area contributed by atoms with E-state index in [-0.39, 0.29) is 18.0 Å². The van der Waals surface area contributed by atoms with E-state index in [4.69, 9.17) is 0 Å². The van der Waals surface area contributed by atoms with Crippen LogP contribution in [-0.4, -0.2) is 26.2 Å². The highest BCUT2D eigenvalue weighted by molar-refractivity contribution is 9.10. The molecule has 0 bridgehead atoms. The molecule has 0 heterocycles. The average molecular weight is 305 g/mol.